The van der Waals surface area contributed by atoms with Crippen molar-refractivity contribution >= 4 is 27.7 Å². The highest BCUT2D eigenvalue weighted by atomic mass is 16.5. The first-order valence-electron chi connectivity index (χ1n) is 13.2. The second kappa shape index (κ2) is 9.39. The Balaban J connectivity index is 1.32. The van der Waals surface area contributed by atoms with Crippen LogP contribution in [0.3, 0.4) is 0 Å². The number of amides is 1. The topological polar surface area (TPSA) is 83.5 Å². The molecule has 1 amide bonds. The molecule has 2 aliphatic heterocycles. The first kappa shape index (κ1) is 22.7. The molecule has 6 rings (SSSR count). The van der Waals surface area contributed by atoms with Crippen molar-refractivity contribution in [3.05, 3.63) is 39.8 Å². The zero-order valence-corrected chi connectivity index (χ0v) is 20.6. The number of piperazine rings is 1. The van der Waals surface area contributed by atoms with E-state index in [-0.39, 0.29) is 17.5 Å². The number of aromatic nitrogens is 3. The van der Waals surface area contributed by atoms with E-state index >= 15 is 0 Å². The van der Waals surface area contributed by atoms with Crippen LogP contribution in [0, 0.1) is 6.92 Å². The van der Waals surface area contributed by atoms with Crippen molar-refractivity contribution in [3.63, 3.8) is 0 Å². The summed E-state index contributed by atoms with van der Waals surface area (Å²) in [5.74, 6) is 0.0872. The summed E-state index contributed by atoms with van der Waals surface area (Å²) in [5.41, 5.74) is 3.06. The molecule has 0 spiro atoms. The number of H-pyrrole nitrogens is 1. The summed E-state index contributed by atoms with van der Waals surface area (Å²) in [7, 11) is 0. The van der Waals surface area contributed by atoms with Gasteiger partial charge in [0.15, 0.2) is 0 Å². The van der Waals surface area contributed by atoms with Gasteiger partial charge < -0.3 is 14.6 Å². The predicted molar refractivity (Wildman–Crippen MR) is 136 cm³/mol. The van der Waals surface area contributed by atoms with Crippen LogP contribution in [0.25, 0.3) is 21.8 Å². The van der Waals surface area contributed by atoms with Crippen LogP contribution in [-0.4, -0.2) is 75.9 Å². The number of aryl methyl sites for hydroxylation is 1. The standard InChI is InChI=1S/C27H35N5O3/c1-18-15-24-22(25-23(26(33)29-24)17-28-32(25)20-7-13-35-14-8-20)16-21(18)27(34)31-11-9-30(10-12-31)19-5-3-2-4-6-19/h15-17,19-20H,2-14H2,1H3,(H,29,33). The number of carbonyl (C=O) groups excluding carboxylic acids is 1. The molecule has 35 heavy (non-hydrogen) atoms. The molecular weight excluding hydrogens is 442 g/mol. The number of carbonyl (C=O) groups is 1. The van der Waals surface area contributed by atoms with Gasteiger partial charge in [-0.15, -0.1) is 0 Å². The molecule has 1 saturated carbocycles. The third-order valence-corrected chi connectivity index (χ3v) is 8.37. The summed E-state index contributed by atoms with van der Waals surface area (Å²) < 4.78 is 7.53. The summed E-state index contributed by atoms with van der Waals surface area (Å²) in [6, 6.07) is 4.82. The summed E-state index contributed by atoms with van der Waals surface area (Å²) in [6.07, 6.45) is 10.0. The second-order valence-corrected chi connectivity index (χ2v) is 10.5. The van der Waals surface area contributed by atoms with Crippen molar-refractivity contribution in [2.45, 2.75) is 64.0 Å². The number of nitrogens with zero attached hydrogens (tertiary/aromatic N) is 4. The fourth-order valence-electron chi connectivity index (χ4n) is 6.34. The Labute approximate surface area is 205 Å². The molecule has 0 unspecified atom stereocenters. The summed E-state index contributed by atoms with van der Waals surface area (Å²) in [5, 5.41) is 6.07. The third kappa shape index (κ3) is 4.16. The van der Waals surface area contributed by atoms with Gasteiger partial charge in [0.25, 0.3) is 11.5 Å². The van der Waals surface area contributed by atoms with E-state index in [1.54, 1.807) is 6.20 Å². The van der Waals surface area contributed by atoms with Crippen LogP contribution < -0.4 is 5.56 Å². The molecule has 3 aliphatic rings. The highest BCUT2D eigenvalue weighted by Gasteiger charge is 2.29. The monoisotopic (exact) mass is 477 g/mol. The number of benzene rings is 1. The normalized spacial score (nSPS) is 21.2. The van der Waals surface area contributed by atoms with Gasteiger partial charge in [0.2, 0.25) is 0 Å². The molecule has 2 aromatic heterocycles. The number of ether oxygens (including phenoxy) is 1. The van der Waals surface area contributed by atoms with Crippen LogP contribution in [0.1, 0.15) is 66.9 Å². The fourth-order valence-corrected chi connectivity index (χ4v) is 6.34. The van der Waals surface area contributed by atoms with Crippen molar-refractivity contribution < 1.29 is 9.53 Å². The van der Waals surface area contributed by atoms with Crippen molar-refractivity contribution in [3.8, 4) is 0 Å². The largest absolute Gasteiger partial charge is 0.381 e. The highest BCUT2D eigenvalue weighted by Crippen LogP contribution is 2.30. The van der Waals surface area contributed by atoms with E-state index < -0.39 is 0 Å². The van der Waals surface area contributed by atoms with Crippen LogP contribution in [0.4, 0.5) is 0 Å². The Morgan fingerprint density at radius 3 is 2.46 bits per heavy atom. The van der Waals surface area contributed by atoms with Crippen molar-refractivity contribution in [1.29, 1.82) is 0 Å². The number of fused-ring (bicyclic) bond motifs is 3. The van der Waals surface area contributed by atoms with E-state index in [1.165, 1.54) is 32.1 Å². The lowest BCUT2D eigenvalue weighted by Gasteiger charge is -2.40. The molecule has 0 radical (unpaired) electrons. The average Bonchev–Trinajstić information content (AvgIpc) is 3.35. The molecule has 1 aliphatic carbocycles. The molecule has 0 atom stereocenters. The maximum absolute atomic E-state index is 13.7. The SMILES string of the molecule is Cc1cc2[nH]c(=O)c3cnn(C4CCOCC4)c3c2cc1C(=O)N1CCN(C2CCCCC2)CC1. The summed E-state index contributed by atoms with van der Waals surface area (Å²) in [4.78, 5) is 34.1. The maximum atomic E-state index is 13.7. The number of hydrogen-bond donors (Lipinski definition) is 1. The quantitative estimate of drug-likeness (QED) is 0.623. The van der Waals surface area contributed by atoms with E-state index in [9.17, 15) is 9.59 Å². The highest BCUT2D eigenvalue weighted by molar-refractivity contribution is 6.07. The van der Waals surface area contributed by atoms with Crippen molar-refractivity contribution in [1.82, 2.24) is 24.6 Å². The molecule has 0 bridgehead atoms. The zero-order chi connectivity index (χ0) is 23.9. The van der Waals surface area contributed by atoms with E-state index in [1.807, 2.05) is 28.6 Å². The number of nitrogens with one attached hydrogen (secondary N) is 1. The van der Waals surface area contributed by atoms with E-state index in [2.05, 4.69) is 15.0 Å². The summed E-state index contributed by atoms with van der Waals surface area (Å²) >= 11 is 0. The Bertz CT molecular complexity index is 1290. The van der Waals surface area contributed by atoms with E-state index in [4.69, 9.17) is 4.74 Å². The zero-order valence-electron chi connectivity index (χ0n) is 20.6. The predicted octanol–water partition coefficient (Wildman–Crippen LogP) is 3.63. The number of pyridine rings is 1. The number of aromatic amines is 1. The van der Waals surface area contributed by atoms with Crippen LogP contribution in [0.5, 0.6) is 0 Å². The first-order valence-corrected chi connectivity index (χ1v) is 13.2. The average molecular weight is 478 g/mol. The Morgan fingerprint density at radius 2 is 1.71 bits per heavy atom. The Hall–Kier alpha value is -2.71. The molecule has 4 heterocycles. The van der Waals surface area contributed by atoms with Crippen molar-refractivity contribution in [2.24, 2.45) is 0 Å². The maximum Gasteiger partial charge on any atom is 0.259 e. The van der Waals surface area contributed by atoms with Gasteiger partial charge in [-0.3, -0.25) is 19.2 Å². The first-order chi connectivity index (χ1) is 17.1. The van der Waals surface area contributed by atoms with Gasteiger partial charge in [0.05, 0.1) is 28.7 Å². The minimum Gasteiger partial charge on any atom is -0.381 e. The van der Waals surface area contributed by atoms with E-state index in [0.29, 0.717) is 24.6 Å². The molecule has 1 N–H and O–H groups in total. The molecule has 2 saturated heterocycles. The van der Waals surface area contributed by atoms with Gasteiger partial charge in [-0.25, -0.2) is 0 Å². The number of hydrogen-bond acceptors (Lipinski definition) is 5. The van der Waals surface area contributed by atoms with Crippen LogP contribution in [0.2, 0.25) is 0 Å². The van der Waals surface area contributed by atoms with Gasteiger partial charge in [0.1, 0.15) is 0 Å². The van der Waals surface area contributed by atoms with Gasteiger partial charge in [-0.05, 0) is 50.3 Å². The van der Waals surface area contributed by atoms with E-state index in [0.717, 1.165) is 66.6 Å². The molecule has 186 valence electrons. The Kier molecular flexibility index (Phi) is 6.10. The minimum atomic E-state index is -0.136. The lowest BCUT2D eigenvalue weighted by atomic mass is 9.93. The summed E-state index contributed by atoms with van der Waals surface area (Å²) in [6.45, 7) is 6.81. The molecule has 8 heteroatoms. The van der Waals surface area contributed by atoms with Gasteiger partial charge in [-0.2, -0.15) is 5.10 Å². The third-order valence-electron chi connectivity index (χ3n) is 8.37. The Morgan fingerprint density at radius 1 is 0.971 bits per heavy atom. The van der Waals surface area contributed by atoms with Crippen LogP contribution in [-0.2, 0) is 4.74 Å². The lowest BCUT2D eigenvalue weighted by molar-refractivity contribution is 0.0523. The molecular formula is C27H35N5O3. The molecule has 3 fully saturated rings. The molecule has 8 nitrogen and oxygen atoms in total. The van der Waals surface area contributed by atoms with Gasteiger partial charge in [-0.1, -0.05) is 19.3 Å². The smallest absolute Gasteiger partial charge is 0.259 e. The van der Waals surface area contributed by atoms with Gasteiger partial charge >= 0.3 is 0 Å². The molecule has 1 aromatic carbocycles. The second-order valence-electron chi connectivity index (χ2n) is 10.5. The molecule has 3 aromatic rings. The van der Waals surface area contributed by atoms with Crippen molar-refractivity contribution in [2.75, 3.05) is 39.4 Å². The lowest BCUT2D eigenvalue weighted by Crippen LogP contribution is -2.52. The fraction of sp³-hybridized carbons (Fsp3) is 0.593. The number of rotatable bonds is 3. The van der Waals surface area contributed by atoms with Crippen LogP contribution >= 0.6 is 0 Å². The minimum absolute atomic E-state index is 0.0872. The van der Waals surface area contributed by atoms with Gasteiger partial charge in [0, 0.05) is 56.4 Å². The van der Waals surface area contributed by atoms with Crippen LogP contribution in [0.15, 0.2) is 23.1 Å².